The maximum absolute atomic E-state index is 12.6. The van der Waals surface area contributed by atoms with Crippen LogP contribution < -0.4 is 10.1 Å². The summed E-state index contributed by atoms with van der Waals surface area (Å²) in [4.78, 5) is 31.6. The van der Waals surface area contributed by atoms with Gasteiger partial charge < -0.3 is 15.0 Å². The van der Waals surface area contributed by atoms with Gasteiger partial charge in [-0.05, 0) is 50.1 Å². The second kappa shape index (κ2) is 8.35. The smallest absolute Gasteiger partial charge is 0.245 e. The Bertz CT molecular complexity index is 837. The normalized spacial score (nSPS) is 14.7. The summed E-state index contributed by atoms with van der Waals surface area (Å²) in [5, 5.41) is 3.55. The molecule has 3 rings (SSSR count). The summed E-state index contributed by atoms with van der Waals surface area (Å²) in [5.74, 6) is 0.582. The number of hydrogen-bond acceptors (Lipinski definition) is 5. The molecule has 27 heavy (non-hydrogen) atoms. The van der Waals surface area contributed by atoms with Crippen molar-refractivity contribution in [3.63, 3.8) is 0 Å². The minimum Gasteiger partial charge on any atom is -0.497 e. The number of amides is 2. The molecule has 0 spiro atoms. The average molecular weight is 385 g/mol. The molecule has 0 unspecified atom stereocenters. The Morgan fingerprint density at radius 1 is 1.30 bits per heavy atom. The van der Waals surface area contributed by atoms with Gasteiger partial charge >= 0.3 is 0 Å². The number of carbonyl (C=O) groups is 2. The van der Waals surface area contributed by atoms with Gasteiger partial charge in [0.2, 0.25) is 11.8 Å². The highest BCUT2D eigenvalue weighted by molar-refractivity contribution is 7.16. The lowest BCUT2D eigenvalue weighted by Crippen LogP contribution is -2.40. The van der Waals surface area contributed by atoms with Crippen LogP contribution in [0.3, 0.4) is 0 Å². The lowest BCUT2D eigenvalue weighted by molar-refractivity contribution is -0.130. The van der Waals surface area contributed by atoms with E-state index in [0.717, 1.165) is 21.9 Å². The Morgan fingerprint density at radius 3 is 2.56 bits per heavy atom. The Kier molecular flexibility index (Phi) is 5.91. The van der Waals surface area contributed by atoms with Gasteiger partial charge in [-0.3, -0.25) is 9.59 Å². The van der Waals surface area contributed by atoms with Crippen LogP contribution in [0.2, 0.25) is 0 Å². The van der Waals surface area contributed by atoms with Crippen molar-refractivity contribution >= 4 is 28.3 Å². The second-order valence-corrected chi connectivity index (χ2v) is 7.65. The fourth-order valence-corrected chi connectivity index (χ4v) is 4.00. The summed E-state index contributed by atoms with van der Waals surface area (Å²) in [7, 11) is 1.63. The molecule has 1 saturated heterocycles. The first-order valence-corrected chi connectivity index (χ1v) is 9.67. The highest BCUT2D eigenvalue weighted by Crippen LogP contribution is 2.32. The molecule has 6 nitrogen and oxygen atoms in total. The number of thiazole rings is 1. The number of benzene rings is 1. The van der Waals surface area contributed by atoms with Gasteiger partial charge in [-0.25, -0.2) is 4.98 Å². The molecule has 0 aliphatic carbocycles. The number of methoxy groups -OCH3 is 1. The number of nitrogens with zero attached hydrogens (tertiary/aromatic N) is 2. The van der Waals surface area contributed by atoms with E-state index < -0.39 is 0 Å². The third-order valence-corrected chi connectivity index (χ3v) is 5.63. The molecule has 7 heteroatoms. The second-order valence-electron chi connectivity index (χ2n) is 6.45. The first-order valence-electron chi connectivity index (χ1n) is 8.86. The summed E-state index contributed by atoms with van der Waals surface area (Å²) >= 11 is 1.47. The summed E-state index contributed by atoms with van der Waals surface area (Å²) in [6.07, 6.45) is 2.63. The fourth-order valence-electron chi connectivity index (χ4n) is 3.17. The predicted octanol–water partition coefficient (Wildman–Crippen LogP) is 3.49. The Labute approximate surface area is 162 Å². The number of hydrogen-bond donors (Lipinski definition) is 1. The highest BCUT2D eigenvalue weighted by atomic mass is 32.1. The average Bonchev–Trinajstić information content (AvgIpc) is 3.07. The molecule has 1 aromatic carbocycles. The maximum Gasteiger partial charge on any atom is 0.245 e. The molecule has 1 aliphatic rings. The number of anilines is 1. The molecule has 2 heterocycles. The van der Waals surface area contributed by atoms with Crippen LogP contribution in [-0.4, -0.2) is 41.9 Å². The van der Waals surface area contributed by atoms with E-state index in [0.29, 0.717) is 31.1 Å². The van der Waals surface area contributed by atoms with Gasteiger partial charge in [-0.2, -0.15) is 0 Å². The standard InChI is InChI=1S/C20H23N3O3S/c1-4-17(24)23-11-9-15(10-12-23)19(25)22-20-21-18(13(2)27-20)14-5-7-16(26-3)8-6-14/h4-8,15H,1,9-12H2,2-3H3,(H,21,22,25). The van der Waals surface area contributed by atoms with Gasteiger partial charge in [0.05, 0.1) is 12.8 Å². The Morgan fingerprint density at radius 2 is 1.96 bits per heavy atom. The summed E-state index contributed by atoms with van der Waals surface area (Å²) in [6.45, 7) is 6.66. The van der Waals surface area contributed by atoms with Crippen molar-refractivity contribution in [3.8, 4) is 17.0 Å². The molecule has 1 aromatic heterocycles. The molecule has 1 fully saturated rings. The Hall–Kier alpha value is -2.67. The SMILES string of the molecule is C=CC(=O)N1CCC(C(=O)Nc2nc(-c3ccc(OC)cc3)c(C)s2)CC1. The van der Waals surface area contributed by atoms with Crippen molar-refractivity contribution in [1.82, 2.24) is 9.88 Å². The van der Waals surface area contributed by atoms with Crippen LogP contribution in [0.5, 0.6) is 5.75 Å². The number of aryl methyl sites for hydroxylation is 1. The van der Waals surface area contributed by atoms with Crippen LogP contribution in [0.4, 0.5) is 5.13 Å². The van der Waals surface area contributed by atoms with Crippen molar-refractivity contribution in [3.05, 3.63) is 41.8 Å². The monoisotopic (exact) mass is 385 g/mol. The molecule has 0 saturated carbocycles. The molecular weight excluding hydrogens is 362 g/mol. The van der Waals surface area contributed by atoms with Crippen LogP contribution in [0.1, 0.15) is 17.7 Å². The van der Waals surface area contributed by atoms with Gasteiger partial charge in [0.15, 0.2) is 5.13 Å². The van der Waals surface area contributed by atoms with E-state index in [9.17, 15) is 9.59 Å². The number of piperidine rings is 1. The summed E-state index contributed by atoms with van der Waals surface area (Å²) in [5.41, 5.74) is 1.85. The lowest BCUT2D eigenvalue weighted by Gasteiger charge is -2.30. The quantitative estimate of drug-likeness (QED) is 0.800. The lowest BCUT2D eigenvalue weighted by atomic mass is 9.96. The van der Waals surface area contributed by atoms with E-state index in [4.69, 9.17) is 4.74 Å². The highest BCUT2D eigenvalue weighted by Gasteiger charge is 2.27. The van der Waals surface area contributed by atoms with E-state index in [1.54, 1.807) is 12.0 Å². The van der Waals surface area contributed by atoms with Crippen molar-refractivity contribution in [2.45, 2.75) is 19.8 Å². The van der Waals surface area contributed by atoms with Crippen molar-refractivity contribution in [1.29, 1.82) is 0 Å². The van der Waals surface area contributed by atoms with Gasteiger partial charge in [0, 0.05) is 29.4 Å². The summed E-state index contributed by atoms with van der Waals surface area (Å²) < 4.78 is 5.18. The van der Waals surface area contributed by atoms with Gasteiger partial charge in [0.1, 0.15) is 5.75 Å². The minimum atomic E-state index is -0.104. The van der Waals surface area contributed by atoms with Gasteiger partial charge in [-0.1, -0.05) is 6.58 Å². The molecule has 1 aliphatic heterocycles. The number of likely N-dealkylation sites (tertiary alicyclic amines) is 1. The van der Waals surface area contributed by atoms with Crippen molar-refractivity contribution in [2.24, 2.45) is 5.92 Å². The van der Waals surface area contributed by atoms with E-state index in [-0.39, 0.29) is 17.7 Å². The van der Waals surface area contributed by atoms with Crippen LogP contribution in [0, 0.1) is 12.8 Å². The van der Waals surface area contributed by atoms with E-state index in [1.807, 2.05) is 31.2 Å². The number of nitrogens with one attached hydrogen (secondary N) is 1. The number of rotatable bonds is 5. The zero-order valence-corrected chi connectivity index (χ0v) is 16.3. The number of carbonyl (C=O) groups excluding carboxylic acids is 2. The molecule has 142 valence electrons. The molecular formula is C20H23N3O3S. The minimum absolute atomic E-state index is 0.0317. The largest absolute Gasteiger partial charge is 0.497 e. The van der Waals surface area contributed by atoms with E-state index in [2.05, 4.69) is 16.9 Å². The molecule has 2 amide bonds. The third kappa shape index (κ3) is 4.36. The van der Waals surface area contributed by atoms with E-state index in [1.165, 1.54) is 17.4 Å². The zero-order valence-electron chi connectivity index (χ0n) is 15.5. The number of aromatic nitrogens is 1. The van der Waals surface area contributed by atoms with Crippen molar-refractivity contribution in [2.75, 3.05) is 25.5 Å². The third-order valence-electron chi connectivity index (χ3n) is 4.74. The number of ether oxygens (including phenoxy) is 1. The van der Waals surface area contributed by atoms with Crippen LogP contribution in [-0.2, 0) is 9.59 Å². The zero-order chi connectivity index (χ0) is 19.4. The topological polar surface area (TPSA) is 71.5 Å². The van der Waals surface area contributed by atoms with Gasteiger partial charge in [0.25, 0.3) is 0 Å². The van der Waals surface area contributed by atoms with Crippen LogP contribution in [0.25, 0.3) is 11.3 Å². The predicted molar refractivity (Wildman–Crippen MR) is 107 cm³/mol. The Balaban J connectivity index is 1.63. The fraction of sp³-hybridized carbons (Fsp3) is 0.350. The molecule has 2 aromatic rings. The molecule has 0 radical (unpaired) electrons. The molecule has 0 atom stereocenters. The maximum atomic E-state index is 12.6. The summed E-state index contributed by atoms with van der Waals surface area (Å²) in [6, 6.07) is 7.70. The van der Waals surface area contributed by atoms with Crippen LogP contribution in [0.15, 0.2) is 36.9 Å². The first kappa shape index (κ1) is 19.1. The first-order chi connectivity index (χ1) is 13.0. The van der Waals surface area contributed by atoms with Gasteiger partial charge in [-0.15, -0.1) is 11.3 Å². The molecule has 1 N–H and O–H groups in total. The van der Waals surface area contributed by atoms with Crippen molar-refractivity contribution < 1.29 is 14.3 Å². The molecule has 0 bridgehead atoms. The van der Waals surface area contributed by atoms with Crippen LogP contribution >= 0.6 is 11.3 Å². The van der Waals surface area contributed by atoms with E-state index >= 15 is 0 Å².